The minimum absolute atomic E-state index is 0.568. The molecule has 0 amide bonds. The van der Waals surface area contributed by atoms with Gasteiger partial charge in [0.1, 0.15) is 0 Å². The van der Waals surface area contributed by atoms with Gasteiger partial charge in [-0.2, -0.15) is 0 Å². The van der Waals surface area contributed by atoms with Crippen molar-refractivity contribution in [1.29, 1.82) is 0 Å². The van der Waals surface area contributed by atoms with Gasteiger partial charge in [0.2, 0.25) is 0 Å². The number of allylic oxidation sites excluding steroid dienone is 1. The molecule has 1 atom stereocenters. The molecular weight excluding hydrogens is 124 g/mol. The highest BCUT2D eigenvalue weighted by molar-refractivity contribution is 5.29. The zero-order valence-corrected chi connectivity index (χ0v) is 5.93. The molecule has 2 N–H and O–H groups in total. The predicted molar refractivity (Wildman–Crippen MR) is 41.4 cm³/mol. The molecule has 0 aromatic carbocycles. The van der Waals surface area contributed by atoms with Crippen molar-refractivity contribution in [3.63, 3.8) is 0 Å². The van der Waals surface area contributed by atoms with Gasteiger partial charge in [-0.3, -0.25) is 10.9 Å². The fourth-order valence-corrected chi connectivity index (χ4v) is 1.48. The second-order valence-corrected chi connectivity index (χ2v) is 2.76. The molecule has 0 saturated carbocycles. The van der Waals surface area contributed by atoms with E-state index in [-0.39, 0.29) is 0 Å². The minimum Gasteiger partial charge on any atom is -0.253 e. The molecule has 1 unspecified atom stereocenters. The van der Waals surface area contributed by atoms with Crippen LogP contribution in [0.1, 0.15) is 12.8 Å². The summed E-state index contributed by atoms with van der Waals surface area (Å²) in [7, 11) is 0. The molecule has 2 heteroatoms. The lowest BCUT2D eigenvalue weighted by molar-refractivity contribution is 0.445. The molecular formula is C8H12N2. The maximum absolute atomic E-state index is 3.25. The molecule has 2 aliphatic rings. The summed E-state index contributed by atoms with van der Waals surface area (Å²) in [6, 6.07) is 0.568. The monoisotopic (exact) mass is 136 g/mol. The molecule has 2 rings (SSSR count). The zero-order valence-electron chi connectivity index (χ0n) is 5.93. The van der Waals surface area contributed by atoms with Crippen LogP contribution in [0.4, 0.5) is 0 Å². The zero-order chi connectivity index (χ0) is 6.81. The molecule has 0 bridgehead atoms. The van der Waals surface area contributed by atoms with Crippen molar-refractivity contribution < 1.29 is 0 Å². The maximum Gasteiger partial charge on any atom is 0.0462 e. The van der Waals surface area contributed by atoms with E-state index in [0.29, 0.717) is 6.04 Å². The Kier molecular flexibility index (Phi) is 1.57. The van der Waals surface area contributed by atoms with Crippen LogP contribution in [-0.2, 0) is 0 Å². The number of fused-ring (bicyclic) bond motifs is 1. The van der Waals surface area contributed by atoms with E-state index in [1.165, 1.54) is 18.4 Å². The van der Waals surface area contributed by atoms with E-state index in [1.807, 2.05) is 0 Å². The highest BCUT2D eigenvalue weighted by Crippen LogP contribution is 2.17. The lowest BCUT2D eigenvalue weighted by Gasteiger charge is -2.26. The van der Waals surface area contributed by atoms with E-state index in [2.05, 4.69) is 29.1 Å². The Morgan fingerprint density at radius 1 is 1.50 bits per heavy atom. The fraction of sp³-hybridized carbons (Fsp3) is 0.500. The highest BCUT2D eigenvalue weighted by Gasteiger charge is 2.15. The van der Waals surface area contributed by atoms with Gasteiger partial charge in [0, 0.05) is 12.6 Å². The Hall–Kier alpha value is -0.600. The topological polar surface area (TPSA) is 24.1 Å². The molecule has 54 valence electrons. The lowest BCUT2D eigenvalue weighted by atomic mass is 9.95. The molecule has 10 heavy (non-hydrogen) atoms. The summed E-state index contributed by atoms with van der Waals surface area (Å²) in [5.41, 5.74) is 7.82. The summed E-state index contributed by atoms with van der Waals surface area (Å²) in [6.07, 6.45) is 9.15. The van der Waals surface area contributed by atoms with Crippen molar-refractivity contribution in [2.75, 3.05) is 6.54 Å². The molecule has 1 aliphatic carbocycles. The van der Waals surface area contributed by atoms with Gasteiger partial charge in [0.15, 0.2) is 0 Å². The second kappa shape index (κ2) is 2.56. The summed E-state index contributed by atoms with van der Waals surface area (Å²) < 4.78 is 0. The summed E-state index contributed by atoms with van der Waals surface area (Å²) in [5, 5.41) is 0. The molecule has 0 aromatic rings. The molecule has 2 nitrogen and oxygen atoms in total. The van der Waals surface area contributed by atoms with Crippen LogP contribution >= 0.6 is 0 Å². The van der Waals surface area contributed by atoms with Gasteiger partial charge in [-0.15, -0.1) is 0 Å². The van der Waals surface area contributed by atoms with Crippen molar-refractivity contribution in [3.8, 4) is 0 Å². The molecule has 0 aromatic heterocycles. The molecule has 0 spiro atoms. The highest BCUT2D eigenvalue weighted by atomic mass is 15.4. The van der Waals surface area contributed by atoms with Crippen LogP contribution in [0.15, 0.2) is 23.8 Å². The van der Waals surface area contributed by atoms with Crippen molar-refractivity contribution in [2.45, 2.75) is 18.9 Å². The first-order valence-corrected chi connectivity index (χ1v) is 3.82. The van der Waals surface area contributed by atoms with E-state index >= 15 is 0 Å². The number of rotatable bonds is 0. The van der Waals surface area contributed by atoms with E-state index in [9.17, 15) is 0 Å². The Bertz CT molecular complexity index is 182. The predicted octanol–water partition coefficient (Wildman–Crippen LogP) is 0.739. The SMILES string of the molecule is C1=CC2=CCNNC2CC1. The van der Waals surface area contributed by atoms with Crippen molar-refractivity contribution in [2.24, 2.45) is 0 Å². The quantitative estimate of drug-likeness (QED) is 0.513. The third-order valence-corrected chi connectivity index (χ3v) is 2.05. The van der Waals surface area contributed by atoms with Crippen LogP contribution in [0, 0.1) is 0 Å². The largest absolute Gasteiger partial charge is 0.253 e. The summed E-state index contributed by atoms with van der Waals surface area (Å²) in [5.74, 6) is 0. The number of hydrazine groups is 1. The maximum atomic E-state index is 3.25. The van der Waals surface area contributed by atoms with Crippen molar-refractivity contribution in [1.82, 2.24) is 10.9 Å². The van der Waals surface area contributed by atoms with Crippen LogP contribution in [-0.4, -0.2) is 12.6 Å². The first-order valence-electron chi connectivity index (χ1n) is 3.82. The van der Waals surface area contributed by atoms with E-state index in [4.69, 9.17) is 0 Å². The number of hydrogen-bond donors (Lipinski definition) is 2. The standard InChI is InChI=1S/C8H12N2/c1-2-4-8-7(3-1)5-6-9-10-8/h1,3,5,8-10H,2,4,6H2. The Morgan fingerprint density at radius 2 is 2.50 bits per heavy atom. The average Bonchev–Trinajstić information content (AvgIpc) is 2.05. The third kappa shape index (κ3) is 1.00. The fourth-order valence-electron chi connectivity index (χ4n) is 1.48. The van der Waals surface area contributed by atoms with Crippen LogP contribution < -0.4 is 10.9 Å². The molecule has 1 heterocycles. The van der Waals surface area contributed by atoms with Crippen LogP contribution in [0.2, 0.25) is 0 Å². The first kappa shape index (κ1) is 6.13. The molecule has 0 saturated heterocycles. The van der Waals surface area contributed by atoms with Crippen LogP contribution in [0.5, 0.6) is 0 Å². The third-order valence-electron chi connectivity index (χ3n) is 2.05. The summed E-state index contributed by atoms with van der Waals surface area (Å²) in [4.78, 5) is 0. The number of nitrogens with one attached hydrogen (secondary N) is 2. The van der Waals surface area contributed by atoms with E-state index in [0.717, 1.165) is 6.54 Å². The van der Waals surface area contributed by atoms with Gasteiger partial charge in [-0.05, 0) is 18.4 Å². The Balaban J connectivity index is 2.21. The van der Waals surface area contributed by atoms with Gasteiger partial charge < -0.3 is 0 Å². The van der Waals surface area contributed by atoms with E-state index in [1.54, 1.807) is 0 Å². The number of hydrogen-bond acceptors (Lipinski definition) is 2. The average molecular weight is 136 g/mol. The van der Waals surface area contributed by atoms with Gasteiger partial charge in [0.05, 0.1) is 0 Å². The van der Waals surface area contributed by atoms with Crippen LogP contribution in [0.3, 0.4) is 0 Å². The first-order chi connectivity index (χ1) is 4.97. The molecule has 1 aliphatic heterocycles. The van der Waals surface area contributed by atoms with Crippen LogP contribution in [0.25, 0.3) is 0 Å². The minimum atomic E-state index is 0.568. The Morgan fingerprint density at radius 3 is 3.40 bits per heavy atom. The van der Waals surface area contributed by atoms with Gasteiger partial charge in [-0.25, -0.2) is 0 Å². The van der Waals surface area contributed by atoms with Gasteiger partial charge in [-0.1, -0.05) is 18.2 Å². The van der Waals surface area contributed by atoms with Gasteiger partial charge >= 0.3 is 0 Å². The Labute approximate surface area is 61.0 Å². The molecule has 0 radical (unpaired) electrons. The van der Waals surface area contributed by atoms with Crippen molar-refractivity contribution in [3.05, 3.63) is 23.8 Å². The van der Waals surface area contributed by atoms with Crippen molar-refractivity contribution >= 4 is 0 Å². The second-order valence-electron chi connectivity index (χ2n) is 2.76. The summed E-state index contributed by atoms with van der Waals surface area (Å²) in [6.45, 7) is 0.955. The smallest absolute Gasteiger partial charge is 0.0462 e. The van der Waals surface area contributed by atoms with Gasteiger partial charge in [0.25, 0.3) is 0 Å². The van der Waals surface area contributed by atoms with E-state index < -0.39 is 0 Å². The normalized spacial score (nSPS) is 31.2. The molecule has 0 fully saturated rings. The summed E-state index contributed by atoms with van der Waals surface area (Å²) >= 11 is 0. The lowest BCUT2D eigenvalue weighted by Crippen LogP contribution is -2.45.